The fourth-order valence-corrected chi connectivity index (χ4v) is 3.31. The molecule has 1 heterocycles. The zero-order valence-corrected chi connectivity index (χ0v) is 15.8. The normalized spacial score (nSPS) is 13.5. The van der Waals surface area contributed by atoms with Crippen molar-refractivity contribution in [1.29, 1.82) is 0 Å². The van der Waals surface area contributed by atoms with Gasteiger partial charge in [0.05, 0.1) is 23.7 Å². The molecular weight excluding hydrogens is 358 g/mol. The number of fused-ring (bicyclic) bond motifs is 1. The molecule has 1 aliphatic rings. The topological polar surface area (TPSA) is 82.3 Å². The van der Waals surface area contributed by atoms with Crippen LogP contribution in [0.5, 0.6) is 5.75 Å². The molecule has 28 heavy (non-hydrogen) atoms. The molecule has 0 saturated heterocycles. The first-order valence-corrected chi connectivity index (χ1v) is 9.18. The van der Waals surface area contributed by atoms with Crippen molar-refractivity contribution >= 4 is 16.8 Å². The third-order valence-electron chi connectivity index (χ3n) is 4.87. The van der Waals surface area contributed by atoms with Crippen LogP contribution < -0.4 is 21.3 Å². The number of aromatic nitrogens is 2. The van der Waals surface area contributed by atoms with Crippen LogP contribution in [-0.4, -0.2) is 28.2 Å². The SMILES string of the molecule is COc1ccccc1-n1c(=O)c2cc(C)ccc2n(CC(=O)NC2CC2)c1=O. The molecule has 0 spiro atoms. The third kappa shape index (κ3) is 3.19. The van der Waals surface area contributed by atoms with E-state index in [1.165, 1.54) is 11.7 Å². The highest BCUT2D eigenvalue weighted by Gasteiger charge is 2.24. The number of hydrogen-bond acceptors (Lipinski definition) is 4. The van der Waals surface area contributed by atoms with Crippen LogP contribution >= 0.6 is 0 Å². The van der Waals surface area contributed by atoms with Crippen LogP contribution in [0.4, 0.5) is 0 Å². The highest BCUT2D eigenvalue weighted by atomic mass is 16.5. The summed E-state index contributed by atoms with van der Waals surface area (Å²) >= 11 is 0. The van der Waals surface area contributed by atoms with Gasteiger partial charge in [-0.15, -0.1) is 0 Å². The van der Waals surface area contributed by atoms with Gasteiger partial charge in [0.15, 0.2) is 0 Å². The molecule has 4 rings (SSSR count). The summed E-state index contributed by atoms with van der Waals surface area (Å²) in [6, 6.07) is 12.3. The molecule has 7 nitrogen and oxygen atoms in total. The lowest BCUT2D eigenvalue weighted by Crippen LogP contribution is -2.42. The number of rotatable bonds is 5. The quantitative estimate of drug-likeness (QED) is 0.732. The fraction of sp³-hybridized carbons (Fsp3) is 0.286. The van der Waals surface area contributed by atoms with E-state index in [4.69, 9.17) is 4.74 Å². The summed E-state index contributed by atoms with van der Waals surface area (Å²) < 4.78 is 7.76. The Morgan fingerprint density at radius 2 is 1.93 bits per heavy atom. The maximum Gasteiger partial charge on any atom is 0.336 e. The van der Waals surface area contributed by atoms with Crippen molar-refractivity contribution in [3.05, 3.63) is 68.9 Å². The molecule has 1 saturated carbocycles. The predicted molar refractivity (Wildman–Crippen MR) is 106 cm³/mol. The Labute approximate surface area is 161 Å². The van der Waals surface area contributed by atoms with Gasteiger partial charge in [-0.25, -0.2) is 9.36 Å². The molecule has 0 radical (unpaired) electrons. The Hall–Kier alpha value is -3.35. The highest BCUT2D eigenvalue weighted by molar-refractivity contribution is 5.82. The Kier molecular flexibility index (Phi) is 4.50. The summed E-state index contributed by atoms with van der Waals surface area (Å²) in [5.74, 6) is 0.166. The summed E-state index contributed by atoms with van der Waals surface area (Å²) in [4.78, 5) is 38.9. The molecule has 0 bridgehead atoms. The first-order chi connectivity index (χ1) is 13.5. The standard InChI is InChI=1S/C21H21N3O4/c1-13-7-10-16-15(11-13)20(26)24(17-5-3-4-6-18(17)28-2)21(27)23(16)12-19(25)22-14-8-9-14/h3-7,10-11,14H,8-9,12H2,1-2H3,(H,22,25). The van der Waals surface area contributed by atoms with Crippen LogP contribution in [0.25, 0.3) is 16.6 Å². The number of hydrogen-bond donors (Lipinski definition) is 1. The van der Waals surface area contributed by atoms with Crippen molar-refractivity contribution in [3.8, 4) is 11.4 Å². The zero-order valence-electron chi connectivity index (χ0n) is 15.8. The second-order valence-electron chi connectivity index (χ2n) is 7.04. The smallest absolute Gasteiger partial charge is 0.336 e. The first-order valence-electron chi connectivity index (χ1n) is 9.18. The molecule has 1 aromatic heterocycles. The molecule has 1 N–H and O–H groups in total. The molecule has 0 atom stereocenters. The first kappa shape index (κ1) is 18.0. The number of carbonyl (C=O) groups is 1. The van der Waals surface area contributed by atoms with Gasteiger partial charge >= 0.3 is 5.69 Å². The van der Waals surface area contributed by atoms with E-state index in [1.54, 1.807) is 36.4 Å². The maximum absolute atomic E-state index is 13.3. The number of nitrogens with one attached hydrogen (secondary N) is 1. The van der Waals surface area contributed by atoms with Crippen LogP contribution in [0.15, 0.2) is 52.1 Å². The number of para-hydroxylation sites is 2. The van der Waals surface area contributed by atoms with E-state index >= 15 is 0 Å². The Morgan fingerprint density at radius 3 is 2.64 bits per heavy atom. The van der Waals surface area contributed by atoms with E-state index in [0.717, 1.165) is 23.0 Å². The fourth-order valence-electron chi connectivity index (χ4n) is 3.31. The van der Waals surface area contributed by atoms with Crippen LogP contribution in [0, 0.1) is 6.92 Å². The molecule has 3 aromatic rings. The maximum atomic E-state index is 13.3. The number of carbonyl (C=O) groups excluding carboxylic acids is 1. The van der Waals surface area contributed by atoms with Crippen LogP contribution in [0.3, 0.4) is 0 Å². The van der Waals surface area contributed by atoms with Gasteiger partial charge in [0.25, 0.3) is 5.56 Å². The Balaban J connectivity index is 1.98. The van der Waals surface area contributed by atoms with Crippen molar-refractivity contribution in [2.75, 3.05) is 7.11 Å². The number of amides is 1. The van der Waals surface area contributed by atoms with Crippen LogP contribution in [0.1, 0.15) is 18.4 Å². The summed E-state index contributed by atoms with van der Waals surface area (Å²) in [5.41, 5.74) is 0.671. The van der Waals surface area contributed by atoms with Gasteiger partial charge in [-0.2, -0.15) is 0 Å². The monoisotopic (exact) mass is 379 g/mol. The van der Waals surface area contributed by atoms with Crippen molar-refractivity contribution in [2.45, 2.75) is 32.4 Å². The van der Waals surface area contributed by atoms with Crippen LogP contribution in [0.2, 0.25) is 0 Å². The number of methoxy groups -OCH3 is 1. The Morgan fingerprint density at radius 1 is 1.18 bits per heavy atom. The van der Waals surface area contributed by atoms with E-state index in [9.17, 15) is 14.4 Å². The minimum atomic E-state index is -0.572. The molecule has 1 aliphatic carbocycles. The van der Waals surface area contributed by atoms with Gasteiger partial charge in [-0.05, 0) is 44.0 Å². The molecule has 1 fully saturated rings. The molecule has 0 unspecified atom stereocenters. The predicted octanol–water partition coefficient (Wildman–Crippen LogP) is 1.75. The van der Waals surface area contributed by atoms with E-state index in [2.05, 4.69) is 5.32 Å². The Bertz CT molecular complexity index is 1190. The number of nitrogens with zero attached hydrogens (tertiary/aromatic N) is 2. The average molecular weight is 379 g/mol. The van der Waals surface area contributed by atoms with Gasteiger partial charge in [-0.1, -0.05) is 23.8 Å². The second-order valence-corrected chi connectivity index (χ2v) is 7.04. The van der Waals surface area contributed by atoms with Gasteiger partial charge in [-0.3, -0.25) is 14.2 Å². The third-order valence-corrected chi connectivity index (χ3v) is 4.87. The van der Waals surface area contributed by atoms with E-state index in [1.807, 2.05) is 13.0 Å². The van der Waals surface area contributed by atoms with Crippen molar-refractivity contribution in [3.63, 3.8) is 0 Å². The summed E-state index contributed by atoms with van der Waals surface area (Å²) in [5, 5.41) is 3.27. The molecule has 1 amide bonds. The molecule has 2 aromatic carbocycles. The van der Waals surface area contributed by atoms with Gasteiger partial charge in [0.1, 0.15) is 12.3 Å². The molecule has 0 aliphatic heterocycles. The number of benzene rings is 2. The van der Waals surface area contributed by atoms with Crippen molar-refractivity contribution in [1.82, 2.24) is 14.5 Å². The zero-order chi connectivity index (χ0) is 19.8. The molecule has 144 valence electrons. The van der Waals surface area contributed by atoms with Crippen molar-refractivity contribution in [2.24, 2.45) is 0 Å². The van der Waals surface area contributed by atoms with E-state index in [-0.39, 0.29) is 18.5 Å². The van der Waals surface area contributed by atoms with Gasteiger partial charge in [0, 0.05) is 6.04 Å². The lowest BCUT2D eigenvalue weighted by atomic mass is 10.1. The highest BCUT2D eigenvalue weighted by Crippen LogP contribution is 2.21. The number of aryl methyl sites for hydroxylation is 1. The minimum absolute atomic E-state index is 0.148. The lowest BCUT2D eigenvalue weighted by Gasteiger charge is -2.16. The average Bonchev–Trinajstić information content (AvgIpc) is 3.49. The summed E-state index contributed by atoms with van der Waals surface area (Å²) in [6.45, 7) is 1.73. The van der Waals surface area contributed by atoms with Crippen LogP contribution in [-0.2, 0) is 11.3 Å². The second kappa shape index (κ2) is 6.99. The molecule has 7 heteroatoms. The van der Waals surface area contributed by atoms with Gasteiger partial charge in [0.2, 0.25) is 5.91 Å². The van der Waals surface area contributed by atoms with Gasteiger partial charge < -0.3 is 10.1 Å². The minimum Gasteiger partial charge on any atom is -0.495 e. The van der Waals surface area contributed by atoms with Crippen molar-refractivity contribution < 1.29 is 9.53 Å². The summed E-state index contributed by atoms with van der Waals surface area (Å²) in [7, 11) is 1.48. The molecular formula is C21H21N3O4. The summed E-state index contributed by atoms with van der Waals surface area (Å²) in [6.07, 6.45) is 1.92. The number of ether oxygens (including phenoxy) is 1. The largest absolute Gasteiger partial charge is 0.495 e. The van der Waals surface area contributed by atoms with E-state index < -0.39 is 11.2 Å². The van der Waals surface area contributed by atoms with E-state index in [0.29, 0.717) is 22.3 Å². The lowest BCUT2D eigenvalue weighted by molar-refractivity contribution is -0.121.